The molecular formula is C6H21NO3Si3. The van der Waals surface area contributed by atoms with Crippen LogP contribution in [-0.4, -0.2) is 52.8 Å². The van der Waals surface area contributed by atoms with Gasteiger partial charge in [0.05, 0.1) is 0 Å². The average Bonchev–Trinajstić information content (AvgIpc) is 2.16. The van der Waals surface area contributed by atoms with Crippen LogP contribution in [0.4, 0.5) is 0 Å². The van der Waals surface area contributed by atoms with Crippen molar-refractivity contribution < 1.29 is 13.3 Å². The third-order valence-electron chi connectivity index (χ3n) is 2.28. The van der Waals surface area contributed by atoms with Crippen molar-refractivity contribution >= 4 is 27.6 Å². The molecule has 0 spiro atoms. The molecule has 3 unspecified atom stereocenters. The van der Waals surface area contributed by atoms with E-state index in [1.807, 2.05) is 0 Å². The van der Waals surface area contributed by atoms with Crippen LogP contribution < -0.4 is 0 Å². The van der Waals surface area contributed by atoms with Crippen molar-refractivity contribution in [2.24, 2.45) is 0 Å². The van der Waals surface area contributed by atoms with Crippen molar-refractivity contribution in [3.8, 4) is 0 Å². The van der Waals surface area contributed by atoms with Crippen LogP contribution in [0, 0.1) is 0 Å². The van der Waals surface area contributed by atoms with Crippen LogP contribution >= 0.6 is 0 Å². The first-order chi connectivity index (χ1) is 6.08. The van der Waals surface area contributed by atoms with E-state index in [9.17, 15) is 0 Å². The van der Waals surface area contributed by atoms with Crippen LogP contribution in [0.2, 0.25) is 19.6 Å². The Balaban J connectivity index is 4.34. The lowest BCUT2D eigenvalue weighted by Gasteiger charge is -2.34. The van der Waals surface area contributed by atoms with E-state index in [1.54, 1.807) is 21.3 Å². The van der Waals surface area contributed by atoms with E-state index in [-0.39, 0.29) is 0 Å². The van der Waals surface area contributed by atoms with E-state index in [4.69, 9.17) is 13.3 Å². The molecule has 0 radical (unpaired) electrons. The molecule has 3 atom stereocenters. The quantitative estimate of drug-likeness (QED) is 0.600. The lowest BCUT2D eigenvalue weighted by Crippen LogP contribution is -2.56. The lowest BCUT2D eigenvalue weighted by atomic mass is 11.8. The van der Waals surface area contributed by atoms with Gasteiger partial charge in [-0.1, -0.05) is 0 Å². The highest BCUT2D eigenvalue weighted by molar-refractivity contribution is 6.79. The summed E-state index contributed by atoms with van der Waals surface area (Å²) in [5.41, 5.74) is 0. The monoisotopic (exact) mass is 239 g/mol. The van der Waals surface area contributed by atoms with Gasteiger partial charge in [-0.2, -0.15) is 0 Å². The summed E-state index contributed by atoms with van der Waals surface area (Å²) in [4.78, 5) is 0. The summed E-state index contributed by atoms with van der Waals surface area (Å²) in [5.74, 6) is 0. The molecule has 0 aromatic heterocycles. The van der Waals surface area contributed by atoms with E-state index in [1.165, 1.54) is 0 Å². The predicted molar refractivity (Wildman–Crippen MR) is 61.9 cm³/mol. The summed E-state index contributed by atoms with van der Waals surface area (Å²) >= 11 is 0. The summed E-state index contributed by atoms with van der Waals surface area (Å²) in [6.45, 7) is 6.52. The van der Waals surface area contributed by atoms with Gasteiger partial charge in [0.15, 0.2) is 0 Å². The Labute approximate surface area is 86.2 Å². The highest BCUT2D eigenvalue weighted by Crippen LogP contribution is 2.05. The van der Waals surface area contributed by atoms with E-state index >= 15 is 0 Å². The van der Waals surface area contributed by atoms with E-state index in [2.05, 4.69) is 23.5 Å². The van der Waals surface area contributed by atoms with Crippen molar-refractivity contribution in [3.63, 3.8) is 0 Å². The Bertz CT molecular complexity index is 117. The number of hydrogen-bond acceptors (Lipinski definition) is 4. The molecule has 0 saturated carbocycles. The second-order valence-electron chi connectivity index (χ2n) is 2.95. The molecule has 80 valence electrons. The summed E-state index contributed by atoms with van der Waals surface area (Å²) in [5, 5.41) is 0. The zero-order valence-electron chi connectivity index (χ0n) is 9.40. The Morgan fingerprint density at radius 3 is 1.08 bits per heavy atom. The van der Waals surface area contributed by atoms with Crippen LogP contribution in [0.5, 0.6) is 0 Å². The average molecular weight is 239 g/mol. The van der Waals surface area contributed by atoms with Crippen molar-refractivity contribution in [2.75, 3.05) is 21.3 Å². The molecule has 0 rings (SSSR count). The predicted octanol–water partition coefficient (Wildman–Crippen LogP) is -0.222. The van der Waals surface area contributed by atoms with Gasteiger partial charge in [-0.05, 0) is 19.6 Å². The SMILES string of the molecule is CO[SiH](C)N([SiH](C)OC)[SiH](C)OC. The summed E-state index contributed by atoms with van der Waals surface area (Å²) in [6, 6.07) is 0. The standard InChI is InChI=1S/C6H21NO3Si3/c1-8-11(4)7(12(5)9-2)13(6)10-3/h11-13H,1-6H3. The number of rotatable bonds is 6. The molecule has 0 N–H and O–H groups in total. The van der Waals surface area contributed by atoms with Crippen LogP contribution in [0.15, 0.2) is 0 Å². The fraction of sp³-hybridized carbons (Fsp3) is 1.00. The van der Waals surface area contributed by atoms with Gasteiger partial charge < -0.3 is 17.2 Å². The second kappa shape index (κ2) is 6.87. The minimum atomic E-state index is -1.24. The molecule has 0 saturated heterocycles. The second-order valence-corrected chi connectivity index (χ2v) is 11.5. The third kappa shape index (κ3) is 4.02. The molecule has 0 aliphatic rings. The molecule has 0 aromatic rings. The largest absolute Gasteiger partial charge is 0.410 e. The maximum atomic E-state index is 5.43. The fourth-order valence-electron chi connectivity index (χ4n) is 1.25. The normalized spacial score (nSPS) is 18.7. The Hall–Kier alpha value is 0.491. The van der Waals surface area contributed by atoms with Crippen molar-refractivity contribution in [2.45, 2.75) is 19.6 Å². The van der Waals surface area contributed by atoms with Gasteiger partial charge in [0, 0.05) is 21.3 Å². The summed E-state index contributed by atoms with van der Waals surface area (Å²) in [7, 11) is 1.60. The van der Waals surface area contributed by atoms with Gasteiger partial charge in [-0.15, -0.1) is 0 Å². The Morgan fingerprint density at radius 1 is 0.692 bits per heavy atom. The number of nitrogens with zero attached hydrogens (tertiary/aromatic N) is 1. The van der Waals surface area contributed by atoms with Gasteiger partial charge in [-0.25, -0.2) is 0 Å². The minimum Gasteiger partial charge on any atom is -0.410 e. The molecule has 0 bridgehead atoms. The molecule has 7 heteroatoms. The number of hydrogen-bond donors (Lipinski definition) is 0. The van der Waals surface area contributed by atoms with Gasteiger partial charge >= 0.3 is 0 Å². The molecule has 0 aliphatic carbocycles. The van der Waals surface area contributed by atoms with Crippen LogP contribution in [0.1, 0.15) is 0 Å². The van der Waals surface area contributed by atoms with Crippen molar-refractivity contribution in [3.05, 3.63) is 0 Å². The summed E-state index contributed by atoms with van der Waals surface area (Å²) in [6.07, 6.45) is 0. The van der Waals surface area contributed by atoms with Crippen LogP contribution in [0.25, 0.3) is 0 Å². The van der Waals surface area contributed by atoms with E-state index < -0.39 is 27.6 Å². The van der Waals surface area contributed by atoms with Gasteiger partial charge in [0.2, 0.25) is 27.6 Å². The fourth-order valence-corrected chi connectivity index (χ4v) is 11.3. The van der Waals surface area contributed by atoms with E-state index in [0.717, 1.165) is 0 Å². The Kier molecular flexibility index (Phi) is 7.13. The first kappa shape index (κ1) is 13.5. The van der Waals surface area contributed by atoms with E-state index in [0.29, 0.717) is 0 Å². The maximum Gasteiger partial charge on any atom is 0.241 e. The molecular weight excluding hydrogens is 218 g/mol. The third-order valence-corrected chi connectivity index (χ3v) is 14.4. The highest BCUT2D eigenvalue weighted by atomic mass is 28.4. The van der Waals surface area contributed by atoms with Crippen molar-refractivity contribution in [1.29, 1.82) is 0 Å². The molecule has 0 fully saturated rings. The smallest absolute Gasteiger partial charge is 0.241 e. The maximum absolute atomic E-state index is 5.43. The van der Waals surface area contributed by atoms with Gasteiger partial charge in [0.1, 0.15) is 0 Å². The topological polar surface area (TPSA) is 30.9 Å². The van der Waals surface area contributed by atoms with Gasteiger partial charge in [0.25, 0.3) is 0 Å². The van der Waals surface area contributed by atoms with Crippen molar-refractivity contribution in [1.82, 2.24) is 3.90 Å². The summed E-state index contributed by atoms with van der Waals surface area (Å²) < 4.78 is 18.7. The lowest BCUT2D eigenvalue weighted by molar-refractivity contribution is 0.338. The van der Waals surface area contributed by atoms with Gasteiger partial charge in [-0.3, -0.25) is 0 Å². The molecule has 0 aliphatic heterocycles. The first-order valence-electron chi connectivity index (χ1n) is 4.44. The molecule has 13 heavy (non-hydrogen) atoms. The zero-order chi connectivity index (χ0) is 10.4. The van der Waals surface area contributed by atoms with Crippen LogP contribution in [0.3, 0.4) is 0 Å². The molecule has 4 nitrogen and oxygen atoms in total. The molecule has 0 heterocycles. The minimum absolute atomic E-state index is 1.24. The first-order valence-corrected chi connectivity index (χ1v) is 10.9. The van der Waals surface area contributed by atoms with Crippen LogP contribution in [-0.2, 0) is 13.3 Å². The highest BCUT2D eigenvalue weighted by Gasteiger charge is 2.28. The molecule has 0 amide bonds. The zero-order valence-corrected chi connectivity index (χ0v) is 12.9. The Morgan fingerprint density at radius 2 is 0.923 bits per heavy atom. The molecule has 0 aromatic carbocycles.